The summed E-state index contributed by atoms with van der Waals surface area (Å²) in [5, 5.41) is 5.63. The molecule has 8 heteroatoms. The molecule has 0 aliphatic rings. The zero-order valence-electron chi connectivity index (χ0n) is 15.1. The van der Waals surface area contributed by atoms with Gasteiger partial charge in [0.05, 0.1) is 18.6 Å². The van der Waals surface area contributed by atoms with Gasteiger partial charge in [-0.05, 0) is 44.2 Å². The van der Waals surface area contributed by atoms with E-state index in [-0.39, 0.29) is 18.9 Å². The van der Waals surface area contributed by atoms with E-state index in [1.54, 1.807) is 30.5 Å². The van der Waals surface area contributed by atoms with E-state index in [9.17, 15) is 9.59 Å². The summed E-state index contributed by atoms with van der Waals surface area (Å²) in [6.45, 7) is 4.08. The Morgan fingerprint density at radius 1 is 1.26 bits per heavy atom. The summed E-state index contributed by atoms with van der Waals surface area (Å²) in [6, 6.07) is 8.81. The molecule has 3 N–H and O–H groups in total. The summed E-state index contributed by atoms with van der Waals surface area (Å²) in [7, 11) is 0. The van der Waals surface area contributed by atoms with Crippen molar-refractivity contribution in [1.29, 1.82) is 0 Å². The number of benzene rings is 1. The molecule has 7 nitrogen and oxygen atoms in total. The van der Waals surface area contributed by atoms with Gasteiger partial charge in [0.25, 0.3) is 5.91 Å². The van der Waals surface area contributed by atoms with Crippen LogP contribution in [0.3, 0.4) is 0 Å². The monoisotopic (exact) mass is 384 g/mol. The lowest BCUT2D eigenvalue weighted by atomic mass is 10.2. The van der Waals surface area contributed by atoms with E-state index < -0.39 is 5.91 Å². The Bertz CT molecular complexity index is 946. The zero-order valence-corrected chi connectivity index (χ0v) is 15.9. The van der Waals surface area contributed by atoms with Crippen LogP contribution in [0.4, 0.5) is 5.69 Å². The maximum Gasteiger partial charge on any atom is 0.257 e. The van der Waals surface area contributed by atoms with Crippen molar-refractivity contribution in [2.24, 2.45) is 5.73 Å². The number of carbonyl (C=O) groups is 2. The normalized spacial score (nSPS) is 10.6. The van der Waals surface area contributed by atoms with Crippen molar-refractivity contribution < 1.29 is 14.3 Å². The van der Waals surface area contributed by atoms with Gasteiger partial charge in [-0.25, -0.2) is 4.98 Å². The molecule has 2 amide bonds. The van der Waals surface area contributed by atoms with Crippen LogP contribution in [-0.2, 0) is 4.79 Å². The van der Waals surface area contributed by atoms with E-state index in [0.29, 0.717) is 17.0 Å². The smallest absolute Gasteiger partial charge is 0.257 e. The molecule has 3 rings (SSSR count). The molecule has 0 aliphatic heterocycles. The van der Waals surface area contributed by atoms with Gasteiger partial charge in [0.1, 0.15) is 5.75 Å². The Kier molecular flexibility index (Phi) is 5.56. The minimum Gasteiger partial charge on any atom is -0.493 e. The Morgan fingerprint density at radius 3 is 2.63 bits per heavy atom. The first kappa shape index (κ1) is 18.7. The molecular weight excluding hydrogens is 364 g/mol. The van der Waals surface area contributed by atoms with Crippen molar-refractivity contribution in [1.82, 2.24) is 9.55 Å². The van der Waals surface area contributed by atoms with Crippen molar-refractivity contribution in [3.63, 3.8) is 0 Å². The number of rotatable bonds is 7. The van der Waals surface area contributed by atoms with Gasteiger partial charge in [-0.2, -0.15) is 0 Å². The van der Waals surface area contributed by atoms with Crippen LogP contribution in [0, 0.1) is 13.8 Å². The number of nitrogens with two attached hydrogens (primary N) is 1. The van der Waals surface area contributed by atoms with Gasteiger partial charge in [0, 0.05) is 28.7 Å². The van der Waals surface area contributed by atoms with Crippen LogP contribution < -0.4 is 15.8 Å². The molecule has 0 unspecified atom stereocenters. The Morgan fingerprint density at radius 2 is 2.00 bits per heavy atom. The first-order chi connectivity index (χ1) is 13.0. The standard InChI is InChI=1S/C19H20N4O3S/c1-12-11-16(13(2)23(12)19-21-8-10-27-19)18(25)22-14-3-5-15(6-4-14)26-9-7-17(20)24/h3-6,8,10-11H,7,9H2,1-2H3,(H2,20,24)(H,22,25). The summed E-state index contributed by atoms with van der Waals surface area (Å²) in [5.41, 5.74) is 8.12. The lowest BCUT2D eigenvalue weighted by molar-refractivity contribution is -0.118. The van der Waals surface area contributed by atoms with Crippen molar-refractivity contribution in [2.45, 2.75) is 20.3 Å². The van der Waals surface area contributed by atoms with Gasteiger partial charge in [-0.15, -0.1) is 11.3 Å². The lowest BCUT2D eigenvalue weighted by Gasteiger charge is -2.08. The topological polar surface area (TPSA) is 99.2 Å². The molecular formula is C19H20N4O3S. The average molecular weight is 384 g/mol. The Balaban J connectivity index is 1.69. The van der Waals surface area contributed by atoms with Crippen molar-refractivity contribution in [2.75, 3.05) is 11.9 Å². The molecule has 0 atom stereocenters. The number of nitrogens with zero attached hydrogens (tertiary/aromatic N) is 2. The van der Waals surface area contributed by atoms with Crippen LogP contribution >= 0.6 is 11.3 Å². The molecule has 2 aromatic heterocycles. The second-order valence-corrected chi connectivity index (χ2v) is 6.85. The predicted molar refractivity (Wildman–Crippen MR) is 105 cm³/mol. The van der Waals surface area contributed by atoms with Crippen LogP contribution in [0.5, 0.6) is 5.75 Å². The van der Waals surface area contributed by atoms with Gasteiger partial charge in [-0.1, -0.05) is 0 Å². The maximum atomic E-state index is 12.7. The molecule has 0 fully saturated rings. The SMILES string of the molecule is Cc1cc(C(=O)Nc2ccc(OCCC(N)=O)cc2)c(C)n1-c1nccs1. The van der Waals surface area contributed by atoms with Gasteiger partial charge >= 0.3 is 0 Å². The molecule has 0 aliphatic carbocycles. The number of hydrogen-bond acceptors (Lipinski definition) is 5. The van der Waals surface area contributed by atoms with Crippen molar-refractivity contribution >= 4 is 28.8 Å². The second kappa shape index (κ2) is 8.05. The molecule has 3 aromatic rings. The number of anilines is 1. The second-order valence-electron chi connectivity index (χ2n) is 5.98. The predicted octanol–water partition coefficient (Wildman–Crippen LogP) is 3.06. The number of ether oxygens (including phenoxy) is 1. The van der Waals surface area contributed by atoms with Crippen LogP contribution in [-0.4, -0.2) is 28.0 Å². The largest absolute Gasteiger partial charge is 0.493 e. The zero-order chi connectivity index (χ0) is 19.4. The van der Waals surface area contributed by atoms with Crippen molar-refractivity contribution in [3.05, 3.63) is 58.9 Å². The number of thiazole rings is 1. The molecule has 0 saturated carbocycles. The van der Waals surface area contributed by atoms with Gasteiger partial charge in [-0.3, -0.25) is 14.2 Å². The lowest BCUT2D eigenvalue weighted by Crippen LogP contribution is -2.14. The molecule has 0 bridgehead atoms. The first-order valence-corrected chi connectivity index (χ1v) is 9.25. The summed E-state index contributed by atoms with van der Waals surface area (Å²) in [6.07, 6.45) is 1.90. The van der Waals surface area contributed by atoms with E-state index in [4.69, 9.17) is 10.5 Å². The van der Waals surface area contributed by atoms with E-state index in [0.717, 1.165) is 16.5 Å². The molecule has 0 radical (unpaired) electrons. The Labute approximate surface area is 160 Å². The number of primary amides is 1. The molecule has 0 spiro atoms. The number of carbonyl (C=O) groups excluding carboxylic acids is 2. The minimum absolute atomic E-state index is 0.160. The molecule has 27 heavy (non-hydrogen) atoms. The highest BCUT2D eigenvalue weighted by Crippen LogP contribution is 2.23. The van der Waals surface area contributed by atoms with E-state index in [1.807, 2.05) is 29.9 Å². The summed E-state index contributed by atoms with van der Waals surface area (Å²) in [4.78, 5) is 27.7. The van der Waals surface area contributed by atoms with Crippen LogP contribution in [0.25, 0.3) is 5.13 Å². The summed E-state index contributed by atoms with van der Waals surface area (Å²) < 4.78 is 7.39. The number of hydrogen-bond donors (Lipinski definition) is 2. The van der Waals surface area contributed by atoms with Gasteiger partial charge in [0.2, 0.25) is 5.91 Å². The van der Waals surface area contributed by atoms with Crippen molar-refractivity contribution in [3.8, 4) is 10.9 Å². The average Bonchev–Trinajstić information content (AvgIpc) is 3.24. The Hall–Kier alpha value is -3.13. The third-order valence-electron chi connectivity index (χ3n) is 4.02. The molecule has 140 valence electrons. The van der Waals surface area contributed by atoms with Crippen LogP contribution in [0.2, 0.25) is 0 Å². The summed E-state index contributed by atoms with van der Waals surface area (Å²) >= 11 is 1.52. The fourth-order valence-electron chi connectivity index (χ4n) is 2.72. The number of aromatic nitrogens is 2. The summed E-state index contributed by atoms with van der Waals surface area (Å²) in [5.74, 6) is 0.0127. The number of aryl methyl sites for hydroxylation is 1. The molecule has 1 aromatic carbocycles. The van der Waals surface area contributed by atoms with Crippen LogP contribution in [0.1, 0.15) is 28.2 Å². The maximum absolute atomic E-state index is 12.7. The van der Waals surface area contributed by atoms with E-state index >= 15 is 0 Å². The first-order valence-electron chi connectivity index (χ1n) is 8.37. The van der Waals surface area contributed by atoms with E-state index in [2.05, 4.69) is 10.3 Å². The fourth-order valence-corrected chi connectivity index (χ4v) is 3.47. The fraction of sp³-hybridized carbons (Fsp3) is 0.211. The highest BCUT2D eigenvalue weighted by atomic mass is 32.1. The highest BCUT2D eigenvalue weighted by Gasteiger charge is 2.17. The number of amides is 2. The van der Waals surface area contributed by atoms with Gasteiger partial charge < -0.3 is 15.8 Å². The third kappa shape index (κ3) is 4.35. The molecule has 0 saturated heterocycles. The minimum atomic E-state index is -0.408. The number of nitrogens with one attached hydrogen (secondary N) is 1. The van der Waals surface area contributed by atoms with Crippen LogP contribution in [0.15, 0.2) is 41.9 Å². The third-order valence-corrected chi connectivity index (χ3v) is 4.77. The molecule has 2 heterocycles. The quantitative estimate of drug-likeness (QED) is 0.654. The van der Waals surface area contributed by atoms with Gasteiger partial charge in [0.15, 0.2) is 5.13 Å². The van der Waals surface area contributed by atoms with E-state index in [1.165, 1.54) is 11.3 Å². The highest BCUT2D eigenvalue weighted by molar-refractivity contribution is 7.12.